The van der Waals surface area contributed by atoms with E-state index in [1.807, 2.05) is 19.9 Å². The molecule has 1 aromatic carbocycles. The van der Waals surface area contributed by atoms with Gasteiger partial charge in [-0.05, 0) is 47.0 Å². The van der Waals surface area contributed by atoms with Crippen molar-refractivity contribution in [3.05, 3.63) is 22.2 Å². The molecule has 102 valence electrons. The highest BCUT2D eigenvalue weighted by molar-refractivity contribution is 9.10. The predicted molar refractivity (Wildman–Crippen MR) is 75.0 cm³/mol. The molecule has 0 aromatic heterocycles. The molecule has 1 atom stereocenters. The summed E-state index contributed by atoms with van der Waals surface area (Å²) in [5.74, 6) is 0.532. The zero-order valence-electron chi connectivity index (χ0n) is 11.0. The number of hydrogen-bond acceptors (Lipinski definition) is 4. The van der Waals surface area contributed by atoms with Crippen molar-refractivity contribution in [2.24, 2.45) is 0 Å². The molecule has 0 aliphatic carbocycles. The Bertz CT molecular complexity index is 405. The van der Waals surface area contributed by atoms with Crippen LogP contribution in [0.2, 0.25) is 0 Å². The van der Waals surface area contributed by atoms with E-state index in [1.54, 1.807) is 6.07 Å². The summed E-state index contributed by atoms with van der Waals surface area (Å²) in [6.45, 7) is 4.68. The smallest absolute Gasteiger partial charge is 0.172 e. The number of rotatable bonds is 6. The summed E-state index contributed by atoms with van der Waals surface area (Å²) in [6, 6.07) is 3.61. The van der Waals surface area contributed by atoms with Crippen LogP contribution >= 0.6 is 15.9 Å². The highest BCUT2D eigenvalue weighted by Crippen LogP contribution is 2.35. The number of aliphatic hydroxyl groups excluding tert-OH is 1. The van der Waals surface area contributed by atoms with Gasteiger partial charge in [0.05, 0.1) is 18.2 Å². The molecule has 3 N–H and O–H groups in total. The molecule has 18 heavy (non-hydrogen) atoms. The van der Waals surface area contributed by atoms with Gasteiger partial charge in [0, 0.05) is 12.1 Å². The van der Waals surface area contributed by atoms with Crippen LogP contribution in [-0.2, 0) is 6.54 Å². The van der Waals surface area contributed by atoms with Gasteiger partial charge in [-0.1, -0.05) is 6.92 Å². The van der Waals surface area contributed by atoms with Crippen LogP contribution in [0.15, 0.2) is 16.6 Å². The number of phenols is 1. The molecule has 0 spiro atoms. The lowest BCUT2D eigenvalue weighted by Crippen LogP contribution is -2.44. The Hall–Kier alpha value is -0.780. The molecule has 1 rings (SSSR count). The van der Waals surface area contributed by atoms with Gasteiger partial charge in [-0.2, -0.15) is 0 Å². The van der Waals surface area contributed by atoms with Crippen LogP contribution in [0, 0.1) is 0 Å². The fourth-order valence-corrected chi connectivity index (χ4v) is 1.98. The Labute approximate surface area is 116 Å². The Kier molecular flexibility index (Phi) is 5.44. The van der Waals surface area contributed by atoms with Gasteiger partial charge in [0.1, 0.15) is 0 Å². The van der Waals surface area contributed by atoms with Crippen LogP contribution in [0.25, 0.3) is 0 Å². The largest absolute Gasteiger partial charge is 0.503 e. The lowest BCUT2D eigenvalue weighted by molar-refractivity contribution is 0.169. The van der Waals surface area contributed by atoms with Gasteiger partial charge in [-0.15, -0.1) is 0 Å². The number of nitrogens with one attached hydrogen (secondary N) is 1. The first kappa shape index (κ1) is 15.3. The number of ether oxygens (including phenoxy) is 1. The summed E-state index contributed by atoms with van der Waals surface area (Å²) >= 11 is 3.29. The molecule has 5 heteroatoms. The number of aliphatic hydroxyl groups is 1. The monoisotopic (exact) mass is 317 g/mol. The number of methoxy groups -OCH3 is 1. The fraction of sp³-hybridized carbons (Fsp3) is 0.538. The van der Waals surface area contributed by atoms with Crippen LogP contribution in [0.4, 0.5) is 0 Å². The van der Waals surface area contributed by atoms with E-state index < -0.39 is 0 Å². The number of hydrogen-bond donors (Lipinski definition) is 3. The number of benzene rings is 1. The fourth-order valence-electron chi connectivity index (χ4n) is 1.49. The highest BCUT2D eigenvalue weighted by atomic mass is 79.9. The minimum Gasteiger partial charge on any atom is -0.503 e. The predicted octanol–water partition coefficient (Wildman–Crippen LogP) is 2.41. The Morgan fingerprint density at radius 2 is 2.11 bits per heavy atom. The van der Waals surface area contributed by atoms with E-state index in [-0.39, 0.29) is 17.9 Å². The van der Waals surface area contributed by atoms with Crippen LogP contribution in [-0.4, -0.2) is 29.5 Å². The average Bonchev–Trinajstić information content (AvgIpc) is 2.39. The molecular weight excluding hydrogens is 298 g/mol. The second-order valence-electron chi connectivity index (χ2n) is 4.55. The molecule has 0 heterocycles. The summed E-state index contributed by atoms with van der Waals surface area (Å²) in [5.41, 5.74) is 0.682. The van der Waals surface area contributed by atoms with E-state index in [4.69, 9.17) is 4.74 Å². The maximum absolute atomic E-state index is 9.71. The van der Waals surface area contributed by atoms with E-state index in [0.29, 0.717) is 16.8 Å². The first-order chi connectivity index (χ1) is 8.45. The molecule has 0 saturated heterocycles. The molecule has 0 saturated carbocycles. The van der Waals surface area contributed by atoms with Crippen LogP contribution in [0.5, 0.6) is 11.5 Å². The van der Waals surface area contributed by atoms with Gasteiger partial charge in [-0.3, -0.25) is 0 Å². The number of aromatic hydroxyl groups is 1. The van der Waals surface area contributed by atoms with Crippen molar-refractivity contribution in [2.75, 3.05) is 13.7 Å². The standard InChI is InChI=1S/C13H20BrNO3/c1-4-13(2,8-16)15-7-9-5-10(14)12(17)11(6-9)18-3/h5-6,15-17H,4,7-8H2,1-3H3. The van der Waals surface area contributed by atoms with E-state index in [2.05, 4.69) is 21.2 Å². The lowest BCUT2D eigenvalue weighted by atomic mass is 10.00. The zero-order chi connectivity index (χ0) is 13.8. The SMILES string of the molecule is CCC(C)(CO)NCc1cc(Br)c(O)c(OC)c1. The van der Waals surface area contributed by atoms with Crippen molar-refractivity contribution < 1.29 is 14.9 Å². The van der Waals surface area contributed by atoms with Crippen molar-refractivity contribution in [2.45, 2.75) is 32.4 Å². The Morgan fingerprint density at radius 3 is 2.61 bits per heavy atom. The van der Waals surface area contributed by atoms with Crippen LogP contribution < -0.4 is 10.1 Å². The topological polar surface area (TPSA) is 61.7 Å². The van der Waals surface area contributed by atoms with Crippen LogP contribution in [0.3, 0.4) is 0 Å². The third kappa shape index (κ3) is 3.60. The molecule has 0 aliphatic heterocycles. The van der Waals surface area contributed by atoms with Crippen molar-refractivity contribution in [1.29, 1.82) is 0 Å². The van der Waals surface area contributed by atoms with Gasteiger partial charge >= 0.3 is 0 Å². The Balaban J connectivity index is 2.83. The maximum atomic E-state index is 9.71. The van der Waals surface area contributed by atoms with Gasteiger partial charge < -0.3 is 20.3 Å². The van der Waals surface area contributed by atoms with Crippen LogP contribution in [0.1, 0.15) is 25.8 Å². The highest BCUT2D eigenvalue weighted by Gasteiger charge is 2.20. The minimum absolute atomic E-state index is 0.0832. The van der Waals surface area contributed by atoms with Gasteiger partial charge in [0.15, 0.2) is 11.5 Å². The molecule has 4 nitrogen and oxygen atoms in total. The average molecular weight is 318 g/mol. The van der Waals surface area contributed by atoms with Crippen molar-refractivity contribution >= 4 is 15.9 Å². The first-order valence-electron chi connectivity index (χ1n) is 5.87. The summed E-state index contributed by atoms with van der Waals surface area (Å²) in [5, 5.41) is 22.3. The van der Waals surface area contributed by atoms with Crippen molar-refractivity contribution in [1.82, 2.24) is 5.32 Å². The second-order valence-corrected chi connectivity index (χ2v) is 5.41. The second kappa shape index (κ2) is 6.41. The van der Waals surface area contributed by atoms with Gasteiger partial charge in [0.25, 0.3) is 0 Å². The normalized spacial score (nSPS) is 14.3. The summed E-state index contributed by atoms with van der Waals surface area (Å²) < 4.78 is 5.69. The van der Waals surface area contributed by atoms with Crippen molar-refractivity contribution in [3.8, 4) is 11.5 Å². The molecule has 0 fully saturated rings. The molecule has 0 bridgehead atoms. The summed E-state index contributed by atoms with van der Waals surface area (Å²) in [4.78, 5) is 0. The molecule has 0 radical (unpaired) electrons. The maximum Gasteiger partial charge on any atom is 0.172 e. The van der Waals surface area contributed by atoms with E-state index in [0.717, 1.165) is 12.0 Å². The molecule has 1 aromatic rings. The third-order valence-electron chi connectivity index (χ3n) is 3.16. The molecule has 0 aliphatic rings. The summed E-state index contributed by atoms with van der Waals surface area (Å²) in [6.07, 6.45) is 0.833. The Morgan fingerprint density at radius 1 is 1.44 bits per heavy atom. The quantitative estimate of drug-likeness (QED) is 0.754. The minimum atomic E-state index is -0.294. The number of phenolic OH excluding ortho intramolecular Hbond substituents is 1. The molecule has 0 amide bonds. The van der Waals surface area contributed by atoms with Gasteiger partial charge in [-0.25, -0.2) is 0 Å². The third-order valence-corrected chi connectivity index (χ3v) is 3.76. The van der Waals surface area contributed by atoms with Crippen molar-refractivity contribution in [3.63, 3.8) is 0 Å². The van der Waals surface area contributed by atoms with E-state index >= 15 is 0 Å². The first-order valence-corrected chi connectivity index (χ1v) is 6.66. The van der Waals surface area contributed by atoms with E-state index in [1.165, 1.54) is 7.11 Å². The molecule has 1 unspecified atom stereocenters. The number of halogens is 1. The van der Waals surface area contributed by atoms with Gasteiger partial charge in [0.2, 0.25) is 0 Å². The molecular formula is C13H20BrNO3. The lowest BCUT2D eigenvalue weighted by Gasteiger charge is -2.27. The zero-order valence-corrected chi connectivity index (χ0v) is 12.5. The van der Waals surface area contributed by atoms with E-state index in [9.17, 15) is 10.2 Å². The summed E-state index contributed by atoms with van der Waals surface area (Å²) in [7, 11) is 1.52.